The summed E-state index contributed by atoms with van der Waals surface area (Å²) < 4.78 is 1.79. The van der Waals surface area contributed by atoms with Crippen molar-refractivity contribution in [1.29, 1.82) is 0 Å². The predicted molar refractivity (Wildman–Crippen MR) is 84.5 cm³/mol. The van der Waals surface area contributed by atoms with E-state index in [0.717, 1.165) is 30.6 Å². The van der Waals surface area contributed by atoms with Crippen LogP contribution in [0.3, 0.4) is 0 Å². The zero-order valence-electron chi connectivity index (χ0n) is 11.5. The molecule has 0 aromatic carbocycles. The molecule has 0 radical (unpaired) electrons. The van der Waals surface area contributed by atoms with E-state index in [1.165, 1.54) is 0 Å². The minimum absolute atomic E-state index is 0.206. The van der Waals surface area contributed by atoms with Crippen LogP contribution in [0.4, 0.5) is 11.8 Å². The minimum Gasteiger partial charge on any atom is -0.303 e. The summed E-state index contributed by atoms with van der Waals surface area (Å²) >= 11 is 12.5. The molecule has 0 N–H and O–H groups in total. The van der Waals surface area contributed by atoms with Crippen LogP contribution in [0.1, 0.15) is 18.5 Å². The van der Waals surface area contributed by atoms with E-state index in [-0.39, 0.29) is 11.3 Å². The van der Waals surface area contributed by atoms with Crippen molar-refractivity contribution in [2.75, 3.05) is 0 Å². The van der Waals surface area contributed by atoms with Crippen LogP contribution in [-0.2, 0) is 18.3 Å². The lowest BCUT2D eigenvalue weighted by molar-refractivity contribution is -0.109. The number of carbonyl (C=O) groups excluding carboxylic acids is 1. The second-order valence-corrected chi connectivity index (χ2v) is 6.05. The molecular weight excluding hydrogens is 311 g/mol. The Morgan fingerprint density at radius 3 is 3.05 bits per heavy atom. The number of aliphatic imine (C=N–C) groups is 2. The van der Waals surface area contributed by atoms with Crippen LogP contribution in [0, 0.1) is 5.92 Å². The number of allylic oxidation sites excluding steroid dienone is 2. The molecule has 5 nitrogen and oxygen atoms in total. The number of carbonyl (C=O) groups is 1. The van der Waals surface area contributed by atoms with E-state index in [1.807, 2.05) is 13.1 Å². The van der Waals surface area contributed by atoms with Gasteiger partial charge in [-0.25, -0.2) is 15.0 Å². The SMILES string of the molecule is Cn1c(N=C2C(Cl)=CCCC2Cl)nc2c1N=CC(C=O)C2. The van der Waals surface area contributed by atoms with Gasteiger partial charge >= 0.3 is 0 Å². The number of imidazole rings is 1. The number of aldehydes is 1. The van der Waals surface area contributed by atoms with Gasteiger partial charge in [-0.05, 0) is 12.8 Å². The standard InChI is InChI=1S/C14H14Cl2N4O/c1-20-13-11(5-8(7-21)6-17-13)18-14(20)19-12-9(15)3-2-4-10(12)16/h3,6-8,10H,2,4-5H2,1H3. The molecule has 0 amide bonds. The van der Waals surface area contributed by atoms with Gasteiger partial charge in [-0.3, -0.25) is 4.57 Å². The monoisotopic (exact) mass is 324 g/mol. The largest absolute Gasteiger partial charge is 0.303 e. The van der Waals surface area contributed by atoms with Gasteiger partial charge < -0.3 is 4.79 Å². The van der Waals surface area contributed by atoms with Crippen LogP contribution in [0.15, 0.2) is 21.1 Å². The Morgan fingerprint density at radius 2 is 2.33 bits per heavy atom. The van der Waals surface area contributed by atoms with Crippen molar-refractivity contribution in [3.8, 4) is 0 Å². The average molecular weight is 325 g/mol. The Morgan fingerprint density at radius 1 is 1.52 bits per heavy atom. The number of rotatable bonds is 2. The molecule has 1 aliphatic heterocycles. The molecule has 1 aliphatic carbocycles. The Kier molecular flexibility index (Phi) is 3.95. The van der Waals surface area contributed by atoms with Gasteiger partial charge in [0, 0.05) is 19.7 Å². The fourth-order valence-electron chi connectivity index (χ4n) is 2.44. The Bertz CT molecular complexity index is 675. The van der Waals surface area contributed by atoms with Crippen LogP contribution in [0.2, 0.25) is 0 Å². The minimum atomic E-state index is -0.216. The third-order valence-corrected chi connectivity index (χ3v) is 4.38. The summed E-state index contributed by atoms with van der Waals surface area (Å²) in [6, 6.07) is 0. The van der Waals surface area contributed by atoms with Gasteiger partial charge in [-0.15, -0.1) is 11.6 Å². The van der Waals surface area contributed by atoms with Crippen LogP contribution < -0.4 is 0 Å². The van der Waals surface area contributed by atoms with Gasteiger partial charge in [0.2, 0.25) is 5.95 Å². The molecule has 3 rings (SSSR count). The molecule has 0 spiro atoms. The number of alkyl halides is 1. The van der Waals surface area contributed by atoms with Crippen molar-refractivity contribution < 1.29 is 4.79 Å². The highest BCUT2D eigenvalue weighted by molar-refractivity contribution is 6.50. The zero-order chi connectivity index (χ0) is 15.0. The number of fused-ring (bicyclic) bond motifs is 1. The van der Waals surface area contributed by atoms with Crippen molar-refractivity contribution in [1.82, 2.24) is 9.55 Å². The average Bonchev–Trinajstić information content (AvgIpc) is 2.79. The summed E-state index contributed by atoms with van der Waals surface area (Å²) in [6.45, 7) is 0. The van der Waals surface area contributed by atoms with E-state index < -0.39 is 0 Å². The first-order chi connectivity index (χ1) is 10.1. The van der Waals surface area contributed by atoms with E-state index >= 15 is 0 Å². The molecule has 7 heteroatoms. The lowest BCUT2D eigenvalue weighted by Gasteiger charge is -2.16. The number of nitrogens with zero attached hydrogens (tertiary/aromatic N) is 4. The highest BCUT2D eigenvalue weighted by Gasteiger charge is 2.24. The summed E-state index contributed by atoms with van der Waals surface area (Å²) in [6.07, 6.45) is 6.66. The van der Waals surface area contributed by atoms with Crippen molar-refractivity contribution >= 4 is 53.2 Å². The van der Waals surface area contributed by atoms with Gasteiger partial charge in [-0.1, -0.05) is 17.7 Å². The first-order valence-corrected chi connectivity index (χ1v) is 7.55. The highest BCUT2D eigenvalue weighted by Crippen LogP contribution is 2.31. The van der Waals surface area contributed by atoms with Crippen LogP contribution in [0.5, 0.6) is 0 Å². The van der Waals surface area contributed by atoms with E-state index in [0.29, 0.717) is 23.1 Å². The Balaban J connectivity index is 2.00. The number of halogens is 2. The zero-order valence-corrected chi connectivity index (χ0v) is 13.0. The van der Waals surface area contributed by atoms with Crippen molar-refractivity contribution in [3.63, 3.8) is 0 Å². The number of hydrogen-bond acceptors (Lipinski definition) is 4. The number of aromatic nitrogens is 2. The second-order valence-electron chi connectivity index (χ2n) is 5.12. The topological polar surface area (TPSA) is 59.6 Å². The smallest absolute Gasteiger partial charge is 0.231 e. The molecule has 1 aromatic heterocycles. The van der Waals surface area contributed by atoms with Gasteiger partial charge in [0.1, 0.15) is 6.29 Å². The molecule has 0 saturated heterocycles. The van der Waals surface area contributed by atoms with Crippen molar-refractivity contribution in [3.05, 3.63) is 16.8 Å². The molecule has 21 heavy (non-hydrogen) atoms. The van der Waals surface area contributed by atoms with E-state index in [2.05, 4.69) is 15.0 Å². The normalized spacial score (nSPS) is 26.6. The Hall–Kier alpha value is -1.46. The van der Waals surface area contributed by atoms with Crippen molar-refractivity contribution in [2.24, 2.45) is 23.0 Å². The van der Waals surface area contributed by atoms with E-state index in [1.54, 1.807) is 10.8 Å². The maximum atomic E-state index is 10.9. The molecule has 0 saturated carbocycles. The summed E-state index contributed by atoms with van der Waals surface area (Å²) in [5.41, 5.74) is 1.42. The quantitative estimate of drug-likeness (QED) is 0.620. The lowest BCUT2D eigenvalue weighted by atomic mass is 10.0. The van der Waals surface area contributed by atoms with Gasteiger partial charge in [0.05, 0.1) is 27.7 Å². The number of hydrogen-bond donors (Lipinski definition) is 0. The first-order valence-electron chi connectivity index (χ1n) is 6.74. The van der Waals surface area contributed by atoms with E-state index in [4.69, 9.17) is 23.2 Å². The summed E-state index contributed by atoms with van der Waals surface area (Å²) in [7, 11) is 1.84. The van der Waals surface area contributed by atoms with Crippen LogP contribution in [-0.4, -0.2) is 33.1 Å². The summed E-state index contributed by atoms with van der Waals surface area (Å²) in [5.74, 6) is 1.03. The Labute approximate surface area is 132 Å². The fraction of sp³-hybridized carbons (Fsp3) is 0.429. The molecule has 0 bridgehead atoms. The maximum absolute atomic E-state index is 10.9. The van der Waals surface area contributed by atoms with Crippen LogP contribution in [0.25, 0.3) is 0 Å². The fourth-order valence-corrected chi connectivity index (χ4v) is 3.07. The molecule has 2 atom stereocenters. The third kappa shape index (κ3) is 2.68. The summed E-state index contributed by atoms with van der Waals surface area (Å²) in [4.78, 5) is 24.1. The van der Waals surface area contributed by atoms with Crippen molar-refractivity contribution in [2.45, 2.75) is 24.6 Å². The van der Waals surface area contributed by atoms with E-state index in [9.17, 15) is 4.79 Å². The molecule has 2 heterocycles. The molecule has 1 aromatic rings. The molecular formula is C14H14Cl2N4O. The van der Waals surface area contributed by atoms with Crippen LogP contribution >= 0.6 is 23.2 Å². The van der Waals surface area contributed by atoms with Gasteiger partial charge in [-0.2, -0.15) is 0 Å². The molecule has 2 aliphatic rings. The third-order valence-electron chi connectivity index (χ3n) is 3.61. The highest BCUT2D eigenvalue weighted by atomic mass is 35.5. The van der Waals surface area contributed by atoms with Gasteiger partial charge in [0.15, 0.2) is 5.82 Å². The maximum Gasteiger partial charge on any atom is 0.231 e. The molecule has 110 valence electrons. The second kappa shape index (κ2) is 5.73. The molecule has 2 unspecified atom stereocenters. The predicted octanol–water partition coefficient (Wildman–Crippen LogP) is 3.09. The first kappa shape index (κ1) is 14.5. The molecule has 0 fully saturated rings. The van der Waals surface area contributed by atoms with Gasteiger partial charge in [0.25, 0.3) is 0 Å². The lowest BCUT2D eigenvalue weighted by Crippen LogP contribution is -2.18. The summed E-state index contributed by atoms with van der Waals surface area (Å²) in [5, 5.41) is 0.374.